The molecular weight excluding hydrogens is 282 g/mol. The Labute approximate surface area is 120 Å². The maximum absolute atomic E-state index is 10.8. The third kappa shape index (κ3) is 3.00. The molecule has 2 aromatic rings. The molecule has 0 aliphatic heterocycles. The highest BCUT2D eigenvalue weighted by atomic mass is 35.5. The summed E-state index contributed by atoms with van der Waals surface area (Å²) in [5.74, 6) is 1.62. The van der Waals surface area contributed by atoms with Crippen molar-refractivity contribution in [2.75, 3.05) is 7.11 Å². The molecule has 0 radical (unpaired) electrons. The smallest absolute Gasteiger partial charge is 0.274 e. The lowest BCUT2D eigenvalue weighted by Gasteiger charge is -2.10. The van der Waals surface area contributed by atoms with Crippen LogP contribution in [-0.4, -0.2) is 12.0 Å². The molecule has 2 rings (SSSR count). The Hall–Kier alpha value is -2.27. The predicted octanol–water partition coefficient (Wildman–Crippen LogP) is 4.13. The van der Waals surface area contributed by atoms with Gasteiger partial charge in [0.2, 0.25) is 0 Å². The second-order valence-electron chi connectivity index (χ2n) is 3.93. The number of nitrogens with zero attached hydrogens (tertiary/aromatic N) is 1. The third-order valence-corrected chi connectivity index (χ3v) is 2.98. The second-order valence-corrected chi connectivity index (χ2v) is 4.20. The summed E-state index contributed by atoms with van der Waals surface area (Å²) in [7, 11) is 1.54. The van der Waals surface area contributed by atoms with Crippen LogP contribution in [0.25, 0.3) is 0 Å². The largest absolute Gasteiger partial charge is 0.493 e. The van der Waals surface area contributed by atoms with Gasteiger partial charge in [0, 0.05) is 11.6 Å². The first-order valence-corrected chi connectivity index (χ1v) is 6.33. The van der Waals surface area contributed by atoms with E-state index in [1.807, 2.05) is 12.1 Å². The average molecular weight is 294 g/mol. The van der Waals surface area contributed by atoms with E-state index in [0.717, 1.165) is 0 Å². The molecule has 0 amide bonds. The summed E-state index contributed by atoms with van der Waals surface area (Å²) in [6.07, 6.45) is 0. The van der Waals surface area contributed by atoms with Gasteiger partial charge in [-0.25, -0.2) is 0 Å². The molecule has 0 saturated carbocycles. The van der Waals surface area contributed by atoms with Gasteiger partial charge in [-0.15, -0.1) is 11.6 Å². The molecule has 0 saturated heterocycles. The topological polar surface area (TPSA) is 61.6 Å². The van der Waals surface area contributed by atoms with Crippen molar-refractivity contribution in [3.05, 3.63) is 58.1 Å². The minimum Gasteiger partial charge on any atom is -0.493 e. The summed E-state index contributed by atoms with van der Waals surface area (Å²) < 4.78 is 10.8. The van der Waals surface area contributed by atoms with Gasteiger partial charge in [-0.05, 0) is 24.3 Å². The minimum atomic E-state index is -0.468. The lowest BCUT2D eigenvalue weighted by Crippen LogP contribution is -1.95. The molecule has 0 bridgehead atoms. The van der Waals surface area contributed by atoms with Crippen LogP contribution in [0.3, 0.4) is 0 Å². The number of hydrogen-bond donors (Lipinski definition) is 0. The Bertz CT molecular complexity index is 630. The fraction of sp³-hybridized carbons (Fsp3) is 0.143. The molecule has 6 heteroatoms. The number of alkyl halides is 1. The van der Waals surface area contributed by atoms with E-state index in [9.17, 15) is 10.1 Å². The second kappa shape index (κ2) is 6.25. The maximum Gasteiger partial charge on any atom is 0.274 e. The van der Waals surface area contributed by atoms with Crippen molar-refractivity contribution in [2.45, 2.75) is 5.88 Å². The molecule has 104 valence electrons. The summed E-state index contributed by atoms with van der Waals surface area (Å²) >= 11 is 5.72. The van der Waals surface area contributed by atoms with Gasteiger partial charge in [0.1, 0.15) is 5.75 Å². The Morgan fingerprint density at radius 2 is 1.90 bits per heavy atom. The van der Waals surface area contributed by atoms with Crippen LogP contribution in [-0.2, 0) is 5.88 Å². The van der Waals surface area contributed by atoms with Gasteiger partial charge in [0.25, 0.3) is 5.69 Å². The number of hydrogen-bond acceptors (Lipinski definition) is 4. The molecular formula is C14H12ClNO4. The number of halogens is 1. The van der Waals surface area contributed by atoms with Crippen LogP contribution in [0.5, 0.6) is 17.2 Å². The van der Waals surface area contributed by atoms with Crippen LogP contribution in [0.4, 0.5) is 5.69 Å². The van der Waals surface area contributed by atoms with Gasteiger partial charge in [-0.3, -0.25) is 10.1 Å². The van der Waals surface area contributed by atoms with E-state index >= 15 is 0 Å². The number of benzene rings is 2. The van der Waals surface area contributed by atoms with Crippen LogP contribution in [0, 0.1) is 10.1 Å². The van der Waals surface area contributed by atoms with E-state index in [1.54, 1.807) is 25.3 Å². The molecule has 0 N–H and O–H groups in total. The van der Waals surface area contributed by atoms with E-state index in [-0.39, 0.29) is 11.6 Å². The Balaban J connectivity index is 2.32. The highest BCUT2D eigenvalue weighted by Crippen LogP contribution is 2.33. The molecule has 5 nitrogen and oxygen atoms in total. The average Bonchev–Trinajstić information content (AvgIpc) is 2.47. The van der Waals surface area contributed by atoms with Gasteiger partial charge in [0.15, 0.2) is 11.5 Å². The third-order valence-electron chi connectivity index (χ3n) is 2.69. The van der Waals surface area contributed by atoms with E-state index in [4.69, 9.17) is 21.1 Å². The van der Waals surface area contributed by atoms with Crippen molar-refractivity contribution in [2.24, 2.45) is 0 Å². The summed E-state index contributed by atoms with van der Waals surface area (Å²) in [6, 6.07) is 11.6. The quantitative estimate of drug-likeness (QED) is 0.472. The Morgan fingerprint density at radius 3 is 2.50 bits per heavy atom. The first-order valence-electron chi connectivity index (χ1n) is 5.80. The van der Waals surface area contributed by atoms with Crippen molar-refractivity contribution in [3.8, 4) is 17.2 Å². The summed E-state index contributed by atoms with van der Waals surface area (Å²) in [5.41, 5.74) is 0.386. The molecule has 0 atom stereocenters. The minimum absolute atomic E-state index is 0.0209. The maximum atomic E-state index is 10.8. The highest BCUT2D eigenvalue weighted by Gasteiger charge is 2.14. The van der Waals surface area contributed by atoms with Gasteiger partial charge >= 0.3 is 0 Å². The van der Waals surface area contributed by atoms with Crippen molar-refractivity contribution in [1.82, 2.24) is 0 Å². The standard InChI is InChI=1S/C14H12ClNO4/c1-19-13-4-2-3-5-14(13)20-11-6-7-12(16(17)18)10(8-11)9-15/h2-8H,9H2,1H3. The number of methoxy groups -OCH3 is 1. The predicted molar refractivity (Wildman–Crippen MR) is 75.7 cm³/mol. The highest BCUT2D eigenvalue weighted by molar-refractivity contribution is 6.17. The SMILES string of the molecule is COc1ccccc1Oc1ccc([N+](=O)[O-])c(CCl)c1. The summed E-state index contributed by atoms with van der Waals surface area (Å²) in [4.78, 5) is 10.4. The molecule has 0 spiro atoms. The Kier molecular flexibility index (Phi) is 4.42. The van der Waals surface area contributed by atoms with Crippen LogP contribution in [0.2, 0.25) is 0 Å². The van der Waals surface area contributed by atoms with E-state index in [1.165, 1.54) is 12.1 Å². The van der Waals surface area contributed by atoms with Gasteiger partial charge in [-0.1, -0.05) is 12.1 Å². The summed E-state index contributed by atoms with van der Waals surface area (Å²) in [5, 5.41) is 10.8. The van der Waals surface area contributed by atoms with Crippen molar-refractivity contribution in [1.29, 1.82) is 0 Å². The number of rotatable bonds is 5. The first-order chi connectivity index (χ1) is 9.65. The van der Waals surface area contributed by atoms with Crippen LogP contribution in [0.1, 0.15) is 5.56 Å². The first kappa shape index (κ1) is 14.1. The van der Waals surface area contributed by atoms with Crippen LogP contribution < -0.4 is 9.47 Å². The van der Waals surface area contributed by atoms with E-state index in [0.29, 0.717) is 22.8 Å². The fourth-order valence-corrected chi connectivity index (χ4v) is 1.95. The van der Waals surface area contributed by atoms with Crippen LogP contribution in [0.15, 0.2) is 42.5 Å². The number of ether oxygens (including phenoxy) is 2. The number of nitro groups is 1. The molecule has 0 aromatic heterocycles. The van der Waals surface area contributed by atoms with E-state index in [2.05, 4.69) is 0 Å². The fourth-order valence-electron chi connectivity index (χ4n) is 1.74. The lowest BCUT2D eigenvalue weighted by atomic mass is 10.2. The van der Waals surface area contributed by atoms with Gasteiger partial charge < -0.3 is 9.47 Å². The zero-order valence-corrected chi connectivity index (χ0v) is 11.5. The molecule has 0 aliphatic carbocycles. The van der Waals surface area contributed by atoms with Crippen molar-refractivity contribution >= 4 is 17.3 Å². The van der Waals surface area contributed by atoms with Gasteiger partial charge in [-0.2, -0.15) is 0 Å². The molecule has 0 aliphatic rings. The molecule has 0 unspecified atom stereocenters. The van der Waals surface area contributed by atoms with Crippen LogP contribution >= 0.6 is 11.6 Å². The Morgan fingerprint density at radius 1 is 1.20 bits per heavy atom. The van der Waals surface area contributed by atoms with Crippen molar-refractivity contribution in [3.63, 3.8) is 0 Å². The number of nitro benzene ring substituents is 1. The zero-order valence-electron chi connectivity index (χ0n) is 10.7. The molecule has 2 aromatic carbocycles. The summed E-state index contributed by atoms with van der Waals surface area (Å²) in [6.45, 7) is 0. The lowest BCUT2D eigenvalue weighted by molar-refractivity contribution is -0.385. The van der Waals surface area contributed by atoms with E-state index < -0.39 is 4.92 Å². The molecule has 20 heavy (non-hydrogen) atoms. The van der Waals surface area contributed by atoms with Crippen molar-refractivity contribution < 1.29 is 14.4 Å². The monoisotopic (exact) mass is 293 g/mol. The number of para-hydroxylation sites is 2. The molecule has 0 heterocycles. The van der Waals surface area contributed by atoms with Gasteiger partial charge in [0.05, 0.1) is 17.9 Å². The molecule has 0 fully saturated rings. The zero-order chi connectivity index (χ0) is 14.5. The normalized spacial score (nSPS) is 10.1.